The Morgan fingerprint density at radius 1 is 1.36 bits per heavy atom. The maximum atomic E-state index is 13.8. The Balaban J connectivity index is 1.68. The second-order valence-corrected chi connectivity index (χ2v) is 5.64. The van der Waals surface area contributed by atoms with Crippen molar-refractivity contribution in [3.05, 3.63) is 59.8 Å². The predicted molar refractivity (Wildman–Crippen MR) is 80.6 cm³/mol. The molecule has 5 heteroatoms. The quantitative estimate of drug-likeness (QED) is 0.911. The minimum atomic E-state index is -0.278. The van der Waals surface area contributed by atoms with Gasteiger partial charge in [-0.25, -0.2) is 9.18 Å². The van der Waals surface area contributed by atoms with Gasteiger partial charge in [0.05, 0.1) is 18.8 Å². The number of nitrogens with zero attached hydrogens (tertiary/aromatic N) is 1. The lowest BCUT2D eigenvalue weighted by Gasteiger charge is -2.25. The van der Waals surface area contributed by atoms with E-state index in [1.807, 2.05) is 13.0 Å². The van der Waals surface area contributed by atoms with E-state index in [-0.39, 0.29) is 30.5 Å². The van der Waals surface area contributed by atoms with E-state index in [4.69, 9.17) is 4.42 Å². The molecule has 4 nitrogen and oxygen atoms in total. The van der Waals surface area contributed by atoms with Gasteiger partial charge in [0.15, 0.2) is 0 Å². The molecular weight excluding hydrogens is 283 g/mol. The molecule has 0 bridgehead atoms. The molecule has 0 spiro atoms. The lowest BCUT2D eigenvalue weighted by atomic mass is 10.2. The highest BCUT2D eigenvalue weighted by atomic mass is 19.1. The molecule has 22 heavy (non-hydrogen) atoms. The fourth-order valence-electron chi connectivity index (χ4n) is 2.44. The molecule has 1 aromatic carbocycles. The highest BCUT2D eigenvalue weighted by Gasteiger charge is 2.33. The van der Waals surface area contributed by atoms with Crippen molar-refractivity contribution in [2.75, 3.05) is 0 Å². The van der Waals surface area contributed by atoms with Crippen LogP contribution in [0.25, 0.3) is 0 Å². The van der Waals surface area contributed by atoms with Crippen molar-refractivity contribution < 1.29 is 13.6 Å². The van der Waals surface area contributed by atoms with Crippen LogP contribution in [0.1, 0.15) is 37.1 Å². The van der Waals surface area contributed by atoms with Gasteiger partial charge in [-0.15, -0.1) is 0 Å². The van der Waals surface area contributed by atoms with E-state index >= 15 is 0 Å². The zero-order chi connectivity index (χ0) is 15.5. The van der Waals surface area contributed by atoms with Crippen LogP contribution in [0.15, 0.2) is 47.1 Å². The van der Waals surface area contributed by atoms with E-state index in [0.717, 1.165) is 12.8 Å². The van der Waals surface area contributed by atoms with Gasteiger partial charge >= 0.3 is 6.03 Å². The number of hydrogen-bond donors (Lipinski definition) is 1. The predicted octanol–water partition coefficient (Wildman–Crippen LogP) is 3.85. The summed E-state index contributed by atoms with van der Waals surface area (Å²) in [6.45, 7) is 2.15. The van der Waals surface area contributed by atoms with Gasteiger partial charge in [0.2, 0.25) is 0 Å². The second kappa shape index (κ2) is 6.22. The number of furan rings is 1. The summed E-state index contributed by atoms with van der Waals surface area (Å²) in [7, 11) is 0. The zero-order valence-corrected chi connectivity index (χ0v) is 12.5. The van der Waals surface area contributed by atoms with Gasteiger partial charge in [0, 0.05) is 11.6 Å². The Hall–Kier alpha value is -2.30. The van der Waals surface area contributed by atoms with Crippen molar-refractivity contribution in [1.82, 2.24) is 10.2 Å². The lowest BCUT2D eigenvalue weighted by Crippen LogP contribution is -2.42. The average molecular weight is 302 g/mol. The van der Waals surface area contributed by atoms with E-state index in [9.17, 15) is 9.18 Å². The fourth-order valence-corrected chi connectivity index (χ4v) is 2.44. The van der Waals surface area contributed by atoms with Crippen molar-refractivity contribution in [1.29, 1.82) is 0 Å². The van der Waals surface area contributed by atoms with Crippen LogP contribution >= 0.6 is 0 Å². The molecular formula is C17H19FN2O2. The molecule has 1 atom stereocenters. The van der Waals surface area contributed by atoms with E-state index in [1.165, 1.54) is 6.07 Å². The lowest BCUT2D eigenvalue weighted by molar-refractivity contribution is 0.186. The van der Waals surface area contributed by atoms with Crippen LogP contribution in [-0.2, 0) is 6.54 Å². The number of urea groups is 1. The minimum Gasteiger partial charge on any atom is -0.467 e. The van der Waals surface area contributed by atoms with Crippen LogP contribution in [0.2, 0.25) is 0 Å². The number of hydrogen-bond acceptors (Lipinski definition) is 2. The van der Waals surface area contributed by atoms with Crippen molar-refractivity contribution >= 4 is 6.03 Å². The summed E-state index contributed by atoms with van der Waals surface area (Å²) in [6.07, 6.45) is 3.52. The molecule has 1 aromatic heterocycles. The molecule has 1 fully saturated rings. The van der Waals surface area contributed by atoms with Gasteiger partial charge in [-0.05, 0) is 38.0 Å². The molecule has 2 aromatic rings. The normalized spacial score (nSPS) is 15.4. The number of carbonyl (C=O) groups excluding carboxylic acids is 1. The zero-order valence-electron chi connectivity index (χ0n) is 12.5. The van der Waals surface area contributed by atoms with Gasteiger partial charge in [0.1, 0.15) is 11.6 Å². The first-order valence-electron chi connectivity index (χ1n) is 7.49. The van der Waals surface area contributed by atoms with Crippen molar-refractivity contribution in [2.45, 2.75) is 38.4 Å². The van der Waals surface area contributed by atoms with Gasteiger partial charge < -0.3 is 14.6 Å². The molecule has 1 N–H and O–H groups in total. The Morgan fingerprint density at radius 2 is 2.14 bits per heavy atom. The largest absolute Gasteiger partial charge is 0.467 e. The maximum absolute atomic E-state index is 13.8. The molecule has 1 heterocycles. The summed E-state index contributed by atoms with van der Waals surface area (Å²) in [4.78, 5) is 14.2. The van der Waals surface area contributed by atoms with Gasteiger partial charge in [-0.1, -0.05) is 18.2 Å². The highest BCUT2D eigenvalue weighted by Crippen LogP contribution is 2.29. The van der Waals surface area contributed by atoms with Crippen LogP contribution in [0.3, 0.4) is 0 Å². The molecule has 1 aliphatic carbocycles. The molecule has 1 saturated carbocycles. The van der Waals surface area contributed by atoms with Crippen LogP contribution in [0.5, 0.6) is 0 Å². The van der Waals surface area contributed by atoms with Gasteiger partial charge in [-0.2, -0.15) is 0 Å². The molecule has 116 valence electrons. The summed E-state index contributed by atoms with van der Waals surface area (Å²) in [5.41, 5.74) is 0.537. The molecule has 0 radical (unpaired) electrons. The minimum absolute atomic E-state index is 0.186. The van der Waals surface area contributed by atoms with Gasteiger partial charge in [-0.3, -0.25) is 0 Å². The molecule has 0 aliphatic heterocycles. The van der Waals surface area contributed by atoms with Gasteiger partial charge in [0.25, 0.3) is 0 Å². The van der Waals surface area contributed by atoms with E-state index in [2.05, 4.69) is 5.32 Å². The third-order valence-electron chi connectivity index (χ3n) is 3.86. The summed E-state index contributed by atoms with van der Waals surface area (Å²) in [5.74, 6) is 0.426. The van der Waals surface area contributed by atoms with Crippen LogP contribution in [0, 0.1) is 5.82 Å². The topological polar surface area (TPSA) is 45.5 Å². The van der Waals surface area contributed by atoms with E-state index in [1.54, 1.807) is 35.4 Å². The summed E-state index contributed by atoms with van der Waals surface area (Å²) in [5, 5.41) is 2.91. The van der Waals surface area contributed by atoms with E-state index < -0.39 is 0 Å². The van der Waals surface area contributed by atoms with Crippen LogP contribution in [0.4, 0.5) is 9.18 Å². The third kappa shape index (κ3) is 3.30. The van der Waals surface area contributed by atoms with E-state index in [0.29, 0.717) is 11.3 Å². The Morgan fingerprint density at radius 3 is 2.77 bits per heavy atom. The molecule has 1 unspecified atom stereocenters. The smallest absolute Gasteiger partial charge is 0.318 e. The van der Waals surface area contributed by atoms with Crippen molar-refractivity contribution in [3.63, 3.8) is 0 Å². The summed E-state index contributed by atoms with van der Waals surface area (Å²) >= 11 is 0. The highest BCUT2D eigenvalue weighted by molar-refractivity contribution is 5.75. The first-order chi connectivity index (χ1) is 10.6. The molecule has 3 rings (SSSR count). The second-order valence-electron chi connectivity index (χ2n) is 5.64. The van der Waals surface area contributed by atoms with Crippen molar-refractivity contribution in [3.8, 4) is 0 Å². The molecule has 0 saturated heterocycles. The fraction of sp³-hybridized carbons (Fsp3) is 0.353. The maximum Gasteiger partial charge on any atom is 0.318 e. The number of rotatable bonds is 5. The number of nitrogens with one attached hydrogen (secondary N) is 1. The Bertz CT molecular complexity index is 638. The first kappa shape index (κ1) is 14.6. The Labute approximate surface area is 128 Å². The Kier molecular flexibility index (Phi) is 4.13. The van der Waals surface area contributed by atoms with Crippen LogP contribution in [-0.4, -0.2) is 17.0 Å². The third-order valence-corrected chi connectivity index (χ3v) is 3.86. The SMILES string of the molecule is CC(NC(=O)N(Cc1ccccc1F)C1CC1)c1ccco1. The molecule has 2 amide bonds. The monoisotopic (exact) mass is 302 g/mol. The number of amides is 2. The average Bonchev–Trinajstić information content (AvgIpc) is 3.18. The van der Waals surface area contributed by atoms with Crippen LogP contribution < -0.4 is 5.32 Å². The summed E-state index contributed by atoms with van der Waals surface area (Å²) < 4.78 is 19.1. The summed E-state index contributed by atoms with van der Waals surface area (Å²) in [6, 6.07) is 9.98. The molecule has 1 aliphatic rings. The first-order valence-corrected chi connectivity index (χ1v) is 7.49. The number of carbonyl (C=O) groups is 1. The van der Waals surface area contributed by atoms with Crippen molar-refractivity contribution in [2.24, 2.45) is 0 Å². The number of halogens is 1. The standard InChI is InChI=1S/C17H19FN2O2/c1-12(16-7-4-10-22-16)19-17(21)20(14-8-9-14)11-13-5-2-3-6-15(13)18/h2-7,10,12,14H,8-9,11H2,1H3,(H,19,21). The number of benzene rings is 1.